The van der Waals surface area contributed by atoms with Gasteiger partial charge in [-0.05, 0) is 63.5 Å². The third-order valence-electron chi connectivity index (χ3n) is 5.64. The van der Waals surface area contributed by atoms with E-state index in [0.717, 1.165) is 11.8 Å². The molecule has 1 aliphatic heterocycles. The summed E-state index contributed by atoms with van der Waals surface area (Å²) in [6.45, 7) is 6.56. The van der Waals surface area contributed by atoms with Gasteiger partial charge in [0.05, 0.1) is 19.8 Å². The molecule has 5 nitrogen and oxygen atoms in total. The van der Waals surface area contributed by atoms with Crippen LogP contribution in [-0.2, 0) is 15.1 Å². The number of halogens is 1. The minimum Gasteiger partial charge on any atom is -0.490 e. The van der Waals surface area contributed by atoms with Gasteiger partial charge in [0.2, 0.25) is 0 Å². The predicted octanol–water partition coefficient (Wildman–Crippen LogP) is 6.53. The van der Waals surface area contributed by atoms with Crippen LogP contribution in [0.3, 0.4) is 0 Å². The number of carbonyl (C=O) groups excluding carboxylic acids is 1. The third kappa shape index (κ3) is 7.02. The van der Waals surface area contributed by atoms with Crippen LogP contribution >= 0.6 is 0 Å². The fourth-order valence-electron chi connectivity index (χ4n) is 3.66. The first kappa shape index (κ1) is 25.7. The molecule has 0 aliphatic carbocycles. The summed E-state index contributed by atoms with van der Waals surface area (Å²) in [5.41, 5.74) is 0.623. The summed E-state index contributed by atoms with van der Waals surface area (Å²) in [6.07, 6.45) is 7.37. The number of rotatable bonds is 10. The Bertz CT molecular complexity index is 999. The molecule has 1 unspecified atom stereocenters. The summed E-state index contributed by atoms with van der Waals surface area (Å²) in [5, 5.41) is 0. The molecule has 1 saturated heterocycles. The maximum absolute atomic E-state index is 13.2. The molecule has 2 aromatic carbocycles. The highest BCUT2D eigenvalue weighted by atomic mass is 19.1. The molecule has 1 atom stereocenters. The first-order valence-electron chi connectivity index (χ1n) is 11.6. The van der Waals surface area contributed by atoms with Crippen LogP contribution in [0.2, 0.25) is 0 Å². The molecular formula is C28H33FO5. The lowest BCUT2D eigenvalue weighted by Gasteiger charge is -2.34. The van der Waals surface area contributed by atoms with Crippen molar-refractivity contribution in [3.05, 3.63) is 83.7 Å². The Morgan fingerprint density at radius 3 is 2.65 bits per heavy atom. The molecule has 0 amide bonds. The van der Waals surface area contributed by atoms with E-state index < -0.39 is 11.4 Å². The lowest BCUT2D eigenvalue weighted by molar-refractivity contribution is -0.208. The van der Waals surface area contributed by atoms with E-state index >= 15 is 0 Å². The molecule has 3 rings (SSSR count). The first-order chi connectivity index (χ1) is 16.4. The topological polar surface area (TPSA) is 54.0 Å². The maximum atomic E-state index is 13.2. The van der Waals surface area contributed by atoms with Crippen LogP contribution in [0.4, 0.5) is 4.39 Å². The van der Waals surface area contributed by atoms with E-state index in [2.05, 4.69) is 0 Å². The Labute approximate surface area is 201 Å². The molecule has 2 aromatic rings. The highest BCUT2D eigenvalue weighted by molar-refractivity contribution is 5.76. The Morgan fingerprint density at radius 2 is 1.91 bits per heavy atom. The molecule has 1 fully saturated rings. The van der Waals surface area contributed by atoms with Gasteiger partial charge >= 0.3 is 0 Å². The molecule has 34 heavy (non-hydrogen) atoms. The second-order valence-corrected chi connectivity index (χ2v) is 8.64. The maximum Gasteiger partial charge on any atom is 0.163 e. The van der Waals surface area contributed by atoms with Gasteiger partial charge in [0, 0.05) is 12.0 Å². The van der Waals surface area contributed by atoms with Gasteiger partial charge in [-0.3, -0.25) is 4.79 Å². The van der Waals surface area contributed by atoms with Crippen molar-refractivity contribution in [3.63, 3.8) is 0 Å². The van der Waals surface area contributed by atoms with Crippen LogP contribution in [0.15, 0.2) is 72.6 Å². The largest absolute Gasteiger partial charge is 0.490 e. The van der Waals surface area contributed by atoms with E-state index in [4.69, 9.17) is 18.9 Å². The number of carbonyl (C=O) groups is 1. The average Bonchev–Trinajstić information content (AvgIpc) is 3.00. The molecule has 0 spiro atoms. The van der Waals surface area contributed by atoms with Gasteiger partial charge in [0.25, 0.3) is 0 Å². The summed E-state index contributed by atoms with van der Waals surface area (Å²) in [7, 11) is 0. The Hall–Kier alpha value is -2.96. The number of unbranched alkanes of at least 4 members (excludes halogenated alkanes) is 1. The summed E-state index contributed by atoms with van der Waals surface area (Å²) >= 11 is 0. The Morgan fingerprint density at radius 1 is 1.12 bits per heavy atom. The molecule has 0 radical (unpaired) electrons. The molecule has 0 aromatic heterocycles. The van der Waals surface area contributed by atoms with Gasteiger partial charge in [0.1, 0.15) is 12.1 Å². The third-order valence-corrected chi connectivity index (χ3v) is 5.64. The quantitative estimate of drug-likeness (QED) is 0.225. The van der Waals surface area contributed by atoms with E-state index in [1.807, 2.05) is 44.2 Å². The molecular weight excluding hydrogens is 435 g/mol. The molecule has 6 heteroatoms. The van der Waals surface area contributed by atoms with Crippen molar-refractivity contribution in [2.24, 2.45) is 0 Å². The zero-order chi connectivity index (χ0) is 24.4. The lowest BCUT2D eigenvalue weighted by atomic mass is 9.91. The summed E-state index contributed by atoms with van der Waals surface area (Å²) in [6, 6.07) is 15.0. The second kappa shape index (κ2) is 12.0. The van der Waals surface area contributed by atoms with Crippen LogP contribution in [0.5, 0.6) is 11.5 Å². The van der Waals surface area contributed by atoms with E-state index in [0.29, 0.717) is 49.5 Å². The summed E-state index contributed by atoms with van der Waals surface area (Å²) in [5.74, 6) is 0.00958. The molecule has 1 heterocycles. The number of benzene rings is 2. The van der Waals surface area contributed by atoms with Crippen molar-refractivity contribution in [2.75, 3.05) is 19.8 Å². The monoisotopic (exact) mass is 468 g/mol. The van der Waals surface area contributed by atoms with Gasteiger partial charge in [0.15, 0.2) is 22.9 Å². The van der Waals surface area contributed by atoms with E-state index in [-0.39, 0.29) is 12.4 Å². The van der Waals surface area contributed by atoms with Gasteiger partial charge in [-0.2, -0.15) is 0 Å². The first-order valence-corrected chi connectivity index (χ1v) is 11.6. The van der Waals surface area contributed by atoms with Crippen LogP contribution in [0.1, 0.15) is 56.0 Å². The molecule has 0 N–H and O–H groups in total. The van der Waals surface area contributed by atoms with Crippen LogP contribution in [-0.4, -0.2) is 31.9 Å². The number of ether oxygens (including phenoxy) is 4. The fraction of sp³-hybridized carbons (Fsp3) is 0.393. The predicted molar refractivity (Wildman–Crippen MR) is 130 cm³/mol. The van der Waals surface area contributed by atoms with Gasteiger partial charge in [-0.15, -0.1) is 0 Å². The van der Waals surface area contributed by atoms with Crippen molar-refractivity contribution in [3.8, 4) is 11.5 Å². The van der Waals surface area contributed by atoms with Crippen LogP contribution < -0.4 is 9.47 Å². The average molecular weight is 469 g/mol. The summed E-state index contributed by atoms with van der Waals surface area (Å²) < 4.78 is 37.8. The highest BCUT2D eigenvalue weighted by Crippen LogP contribution is 2.40. The number of allylic oxidation sites excluding steroid dienone is 4. The smallest absolute Gasteiger partial charge is 0.163 e. The van der Waals surface area contributed by atoms with Crippen molar-refractivity contribution in [1.82, 2.24) is 0 Å². The van der Waals surface area contributed by atoms with E-state index in [9.17, 15) is 9.18 Å². The van der Waals surface area contributed by atoms with Gasteiger partial charge in [-0.1, -0.05) is 42.5 Å². The molecule has 0 bridgehead atoms. The van der Waals surface area contributed by atoms with Crippen molar-refractivity contribution < 1.29 is 28.1 Å². The van der Waals surface area contributed by atoms with E-state index in [1.165, 1.54) is 12.2 Å². The van der Waals surface area contributed by atoms with E-state index in [1.54, 1.807) is 31.2 Å². The van der Waals surface area contributed by atoms with Gasteiger partial charge in [-0.25, -0.2) is 4.39 Å². The van der Waals surface area contributed by atoms with Gasteiger partial charge < -0.3 is 18.9 Å². The Kier molecular flexibility index (Phi) is 9.02. The number of aldehydes is 1. The minimum absolute atomic E-state index is 0.259. The highest BCUT2D eigenvalue weighted by Gasteiger charge is 2.41. The zero-order valence-electron chi connectivity index (χ0n) is 20.1. The standard InChI is InChI=1S/C28H33FO5/c1-4-24(29)13-9-6-10-17-31-25-15-14-22(20-30)19-26(25)34-28(23-11-7-5-8-12-23)16-18-32-27(2,3)33-21-28/h4-5,7-9,11-15,19-20H,6,10,16-18,21H2,1-3H3/b13-9-,24-4+. The summed E-state index contributed by atoms with van der Waals surface area (Å²) in [4.78, 5) is 11.5. The van der Waals surface area contributed by atoms with Crippen LogP contribution in [0, 0.1) is 0 Å². The molecule has 1 aliphatic rings. The SMILES string of the molecule is C/C=C(F)\C=C/CCCOc1ccc(C=O)cc1OC1(c2ccccc2)CCOC(C)(C)OC1. The molecule has 0 saturated carbocycles. The zero-order valence-corrected chi connectivity index (χ0v) is 20.1. The number of hydrogen-bond acceptors (Lipinski definition) is 5. The van der Waals surface area contributed by atoms with Crippen molar-refractivity contribution >= 4 is 6.29 Å². The Balaban J connectivity index is 1.83. The normalized spacial score (nSPS) is 20.6. The van der Waals surface area contributed by atoms with Crippen molar-refractivity contribution in [2.45, 2.75) is 51.4 Å². The minimum atomic E-state index is -0.818. The lowest BCUT2D eigenvalue weighted by Crippen LogP contribution is -2.39. The van der Waals surface area contributed by atoms with Crippen molar-refractivity contribution in [1.29, 1.82) is 0 Å². The fourth-order valence-corrected chi connectivity index (χ4v) is 3.66. The molecule has 182 valence electrons. The second-order valence-electron chi connectivity index (χ2n) is 8.64. The number of hydrogen-bond donors (Lipinski definition) is 0. The van der Waals surface area contributed by atoms with Crippen LogP contribution in [0.25, 0.3) is 0 Å².